The zero-order valence-electron chi connectivity index (χ0n) is 15.2. The van der Waals surface area contributed by atoms with Crippen molar-refractivity contribution >= 4 is 62.6 Å². The lowest BCUT2D eigenvalue weighted by atomic mass is 10.1. The molecule has 146 valence electrons. The first-order chi connectivity index (χ1) is 11.8. The molecule has 1 atom stereocenters. The van der Waals surface area contributed by atoms with Crippen LogP contribution in [0.4, 0.5) is 0 Å². The smallest absolute Gasteiger partial charge is 0.252 e. The Morgan fingerprint density at radius 3 is 2.58 bits per heavy atom. The summed E-state index contributed by atoms with van der Waals surface area (Å²) in [5.74, 6) is 1.09. The molecule has 2 N–H and O–H groups in total. The third-order valence-corrected chi connectivity index (χ3v) is 7.78. The standard InChI is InChI=1S/C16H24N4O2S3.HI/c1-12(13-7-8-23-11-13)9-18-16(17-2)19-10-14-5-6-15(24-14)25(21,22)20(3)4;/h5-8,11-12H,9-10H2,1-4H3,(H2,17,18,19);1H. The van der Waals surface area contributed by atoms with Crippen LogP contribution < -0.4 is 10.6 Å². The van der Waals surface area contributed by atoms with E-state index in [1.54, 1.807) is 24.5 Å². The van der Waals surface area contributed by atoms with Crippen molar-refractivity contribution in [3.05, 3.63) is 39.4 Å². The maximum absolute atomic E-state index is 12.1. The zero-order chi connectivity index (χ0) is 18.4. The quantitative estimate of drug-likeness (QED) is 0.329. The van der Waals surface area contributed by atoms with Gasteiger partial charge < -0.3 is 10.6 Å². The largest absolute Gasteiger partial charge is 0.356 e. The van der Waals surface area contributed by atoms with Gasteiger partial charge in [0.15, 0.2) is 5.96 Å². The average Bonchev–Trinajstić information content (AvgIpc) is 3.26. The van der Waals surface area contributed by atoms with Crippen LogP contribution in [0.2, 0.25) is 0 Å². The zero-order valence-corrected chi connectivity index (χ0v) is 20.0. The summed E-state index contributed by atoms with van der Waals surface area (Å²) in [5.41, 5.74) is 1.31. The molecule has 0 aliphatic heterocycles. The second-order valence-corrected chi connectivity index (χ2v) is 10.1. The van der Waals surface area contributed by atoms with Crippen LogP contribution in [0.15, 0.2) is 38.2 Å². The fourth-order valence-electron chi connectivity index (χ4n) is 2.09. The molecule has 0 aromatic carbocycles. The summed E-state index contributed by atoms with van der Waals surface area (Å²) in [6, 6.07) is 5.60. The van der Waals surface area contributed by atoms with Crippen molar-refractivity contribution < 1.29 is 8.42 Å². The minimum atomic E-state index is -3.37. The van der Waals surface area contributed by atoms with Gasteiger partial charge in [-0.25, -0.2) is 12.7 Å². The van der Waals surface area contributed by atoms with Gasteiger partial charge in [-0.2, -0.15) is 11.3 Å². The van der Waals surface area contributed by atoms with E-state index < -0.39 is 10.0 Å². The Hall–Kier alpha value is -0.690. The highest BCUT2D eigenvalue weighted by Gasteiger charge is 2.19. The lowest BCUT2D eigenvalue weighted by molar-refractivity contribution is 0.523. The summed E-state index contributed by atoms with van der Waals surface area (Å²) in [5, 5.41) is 10.8. The summed E-state index contributed by atoms with van der Waals surface area (Å²) < 4.78 is 25.8. The molecule has 0 fully saturated rings. The summed E-state index contributed by atoms with van der Waals surface area (Å²) in [6.07, 6.45) is 0. The van der Waals surface area contributed by atoms with E-state index in [1.165, 1.54) is 35.3 Å². The molecule has 2 heterocycles. The molecule has 0 bridgehead atoms. The normalized spacial score (nSPS) is 13.3. The number of nitrogens with zero attached hydrogens (tertiary/aromatic N) is 2. The molecule has 0 saturated carbocycles. The predicted molar refractivity (Wildman–Crippen MR) is 122 cm³/mol. The minimum Gasteiger partial charge on any atom is -0.356 e. The van der Waals surface area contributed by atoms with Gasteiger partial charge in [-0.15, -0.1) is 35.3 Å². The SMILES string of the molecule is CN=C(NCc1ccc(S(=O)(=O)N(C)C)s1)NCC(C)c1ccsc1.I. The van der Waals surface area contributed by atoms with E-state index in [2.05, 4.69) is 39.4 Å². The third-order valence-electron chi connectivity index (χ3n) is 3.71. The van der Waals surface area contributed by atoms with Crippen LogP contribution >= 0.6 is 46.7 Å². The maximum Gasteiger partial charge on any atom is 0.252 e. The van der Waals surface area contributed by atoms with Crippen LogP contribution in [0.25, 0.3) is 0 Å². The topological polar surface area (TPSA) is 73.8 Å². The molecule has 0 amide bonds. The highest BCUT2D eigenvalue weighted by atomic mass is 127. The van der Waals surface area contributed by atoms with Crippen LogP contribution in [-0.4, -0.2) is 46.4 Å². The number of nitrogens with one attached hydrogen (secondary N) is 2. The molecule has 0 spiro atoms. The number of guanidine groups is 1. The molecule has 1 unspecified atom stereocenters. The van der Waals surface area contributed by atoms with E-state index >= 15 is 0 Å². The van der Waals surface area contributed by atoms with Crippen molar-refractivity contribution in [2.75, 3.05) is 27.7 Å². The molecule has 0 aliphatic rings. The van der Waals surface area contributed by atoms with Gasteiger partial charge in [0, 0.05) is 32.6 Å². The van der Waals surface area contributed by atoms with Crippen molar-refractivity contribution in [1.82, 2.24) is 14.9 Å². The fourth-order valence-corrected chi connectivity index (χ4v) is 5.33. The Balaban J connectivity index is 0.00000338. The van der Waals surface area contributed by atoms with Crippen molar-refractivity contribution in [1.29, 1.82) is 0 Å². The van der Waals surface area contributed by atoms with Gasteiger partial charge in [-0.3, -0.25) is 4.99 Å². The summed E-state index contributed by atoms with van der Waals surface area (Å²) >= 11 is 2.97. The maximum atomic E-state index is 12.1. The van der Waals surface area contributed by atoms with Gasteiger partial charge in [0.25, 0.3) is 10.0 Å². The first-order valence-electron chi connectivity index (χ1n) is 7.82. The number of hydrogen-bond donors (Lipinski definition) is 2. The van der Waals surface area contributed by atoms with Crippen molar-refractivity contribution in [3.63, 3.8) is 0 Å². The number of hydrogen-bond acceptors (Lipinski definition) is 5. The number of aliphatic imine (C=N–C) groups is 1. The molecule has 0 aliphatic carbocycles. The second-order valence-electron chi connectivity index (χ2n) is 5.77. The van der Waals surface area contributed by atoms with Gasteiger partial charge in [0.05, 0.1) is 6.54 Å². The molecular weight excluding hydrogens is 503 g/mol. The minimum absolute atomic E-state index is 0. The first-order valence-corrected chi connectivity index (χ1v) is 11.0. The van der Waals surface area contributed by atoms with Crippen molar-refractivity contribution in [2.24, 2.45) is 4.99 Å². The van der Waals surface area contributed by atoms with Crippen molar-refractivity contribution in [2.45, 2.75) is 23.6 Å². The van der Waals surface area contributed by atoms with Gasteiger partial charge in [0.1, 0.15) is 4.21 Å². The van der Waals surface area contributed by atoms with Crippen LogP contribution in [0.5, 0.6) is 0 Å². The number of sulfonamides is 1. The molecular formula is C16H25IN4O2S3. The molecule has 2 aromatic heterocycles. The van der Waals surface area contributed by atoms with Gasteiger partial charge in [0.2, 0.25) is 0 Å². The molecule has 0 radical (unpaired) electrons. The van der Waals surface area contributed by atoms with Crippen molar-refractivity contribution in [3.8, 4) is 0 Å². The Morgan fingerprint density at radius 1 is 1.27 bits per heavy atom. The van der Waals surface area contributed by atoms with Crippen LogP contribution in [0, 0.1) is 0 Å². The highest BCUT2D eigenvalue weighted by Crippen LogP contribution is 2.23. The molecule has 26 heavy (non-hydrogen) atoms. The van der Waals surface area contributed by atoms with Gasteiger partial charge >= 0.3 is 0 Å². The Bertz CT molecular complexity index is 801. The average molecular weight is 529 g/mol. The number of thiophene rings is 2. The lowest BCUT2D eigenvalue weighted by Crippen LogP contribution is -2.38. The molecule has 2 rings (SSSR count). The molecule has 6 nitrogen and oxygen atoms in total. The predicted octanol–water partition coefficient (Wildman–Crippen LogP) is 3.15. The molecule has 0 saturated heterocycles. The van der Waals surface area contributed by atoms with Crippen LogP contribution in [0.1, 0.15) is 23.3 Å². The Kier molecular flexibility index (Phi) is 9.51. The molecule has 10 heteroatoms. The molecule has 2 aromatic rings. The summed E-state index contributed by atoms with van der Waals surface area (Å²) in [7, 11) is 1.43. The summed E-state index contributed by atoms with van der Waals surface area (Å²) in [4.78, 5) is 5.15. The number of halogens is 1. The van der Waals surface area contributed by atoms with E-state index in [-0.39, 0.29) is 24.0 Å². The Labute approximate surface area is 180 Å². The third kappa shape index (κ3) is 6.19. The second kappa shape index (κ2) is 10.6. The van der Waals surface area contributed by atoms with E-state index in [0.717, 1.165) is 11.4 Å². The highest BCUT2D eigenvalue weighted by molar-refractivity contribution is 14.0. The van der Waals surface area contributed by atoms with E-state index in [9.17, 15) is 8.42 Å². The lowest BCUT2D eigenvalue weighted by Gasteiger charge is -2.15. The van der Waals surface area contributed by atoms with E-state index in [0.29, 0.717) is 22.6 Å². The van der Waals surface area contributed by atoms with Gasteiger partial charge in [-0.05, 0) is 40.4 Å². The first kappa shape index (κ1) is 23.3. The monoisotopic (exact) mass is 528 g/mol. The van der Waals surface area contributed by atoms with E-state index in [1.807, 2.05) is 6.07 Å². The summed E-state index contributed by atoms with van der Waals surface area (Å²) in [6.45, 7) is 3.47. The fraction of sp³-hybridized carbons (Fsp3) is 0.438. The van der Waals surface area contributed by atoms with E-state index in [4.69, 9.17) is 0 Å². The van der Waals surface area contributed by atoms with Crippen LogP contribution in [0.3, 0.4) is 0 Å². The Morgan fingerprint density at radius 2 is 2.00 bits per heavy atom. The van der Waals surface area contributed by atoms with Crippen LogP contribution in [-0.2, 0) is 16.6 Å². The van der Waals surface area contributed by atoms with Gasteiger partial charge in [-0.1, -0.05) is 6.92 Å². The number of rotatable bonds is 7.